The first-order chi connectivity index (χ1) is 9.81. The SMILES string of the molecule is Cc1ccc(C(=S)C2(O)O[C@H](CO)[C@@H](O)[C@H](O)[C@H]2O)cc1. The molecule has 0 aromatic heterocycles. The third kappa shape index (κ3) is 2.86. The standard InChI is InChI=1S/C14H18O6S/c1-7-2-4-8(5-3-7)13(21)14(19)12(18)11(17)10(16)9(6-15)20-14/h2-5,9-12,15-19H,6H2,1H3/t9-,10-,11+,12-,14?/m1/s1. The lowest BCUT2D eigenvalue weighted by molar-refractivity contribution is -0.315. The van der Waals surface area contributed by atoms with Gasteiger partial charge in [0.2, 0.25) is 5.79 Å². The lowest BCUT2D eigenvalue weighted by atomic mass is 9.88. The lowest BCUT2D eigenvalue weighted by Crippen LogP contribution is -2.67. The average Bonchev–Trinajstić information content (AvgIpc) is 2.49. The molecule has 0 saturated carbocycles. The number of ether oxygens (including phenoxy) is 1. The van der Waals surface area contributed by atoms with Crippen LogP contribution in [0.5, 0.6) is 0 Å². The fourth-order valence-electron chi connectivity index (χ4n) is 2.25. The van der Waals surface area contributed by atoms with Crippen LogP contribution in [0.4, 0.5) is 0 Å². The molecule has 1 aliphatic heterocycles. The van der Waals surface area contributed by atoms with Crippen LogP contribution >= 0.6 is 12.2 Å². The molecule has 1 saturated heterocycles. The Balaban J connectivity index is 2.34. The second-order valence-corrected chi connectivity index (χ2v) is 5.56. The van der Waals surface area contributed by atoms with Gasteiger partial charge in [0.05, 0.1) is 11.5 Å². The van der Waals surface area contributed by atoms with Crippen molar-refractivity contribution in [3.63, 3.8) is 0 Å². The molecular formula is C14H18O6S. The number of aliphatic hydroxyl groups excluding tert-OH is 4. The minimum atomic E-state index is -2.36. The Morgan fingerprint density at radius 1 is 1.19 bits per heavy atom. The van der Waals surface area contributed by atoms with Crippen molar-refractivity contribution in [3.05, 3.63) is 35.4 Å². The normalized spacial score (nSPS) is 36.5. The van der Waals surface area contributed by atoms with E-state index in [1.807, 2.05) is 6.92 Å². The van der Waals surface area contributed by atoms with Crippen molar-refractivity contribution in [3.8, 4) is 0 Å². The quantitative estimate of drug-likeness (QED) is 0.355. The summed E-state index contributed by atoms with van der Waals surface area (Å²) in [5.41, 5.74) is 1.43. The Bertz CT molecular complexity index is 517. The van der Waals surface area contributed by atoms with Gasteiger partial charge in [0.15, 0.2) is 0 Å². The first kappa shape index (κ1) is 16.4. The van der Waals surface area contributed by atoms with E-state index >= 15 is 0 Å². The van der Waals surface area contributed by atoms with Gasteiger partial charge in [-0.15, -0.1) is 0 Å². The maximum atomic E-state index is 10.5. The topological polar surface area (TPSA) is 110 Å². The summed E-state index contributed by atoms with van der Waals surface area (Å²) >= 11 is 5.16. The molecule has 21 heavy (non-hydrogen) atoms. The highest BCUT2D eigenvalue weighted by molar-refractivity contribution is 7.81. The van der Waals surface area contributed by atoms with Crippen LogP contribution in [-0.4, -0.2) is 67.2 Å². The molecule has 5 atom stereocenters. The summed E-state index contributed by atoms with van der Waals surface area (Å²) in [7, 11) is 0. The molecule has 7 heteroatoms. The Morgan fingerprint density at radius 3 is 2.29 bits per heavy atom. The first-order valence-electron chi connectivity index (χ1n) is 6.48. The number of hydrogen-bond acceptors (Lipinski definition) is 7. The van der Waals surface area contributed by atoms with Crippen molar-refractivity contribution in [2.45, 2.75) is 37.1 Å². The Labute approximate surface area is 127 Å². The fraction of sp³-hybridized carbons (Fsp3) is 0.500. The molecule has 2 rings (SSSR count). The molecule has 6 nitrogen and oxygen atoms in total. The summed E-state index contributed by atoms with van der Waals surface area (Å²) in [4.78, 5) is -0.126. The van der Waals surface area contributed by atoms with E-state index in [1.54, 1.807) is 24.3 Å². The Kier molecular flexibility index (Phi) is 4.74. The number of aliphatic hydroxyl groups is 5. The maximum absolute atomic E-state index is 10.5. The molecule has 0 radical (unpaired) electrons. The molecule has 1 aliphatic rings. The monoisotopic (exact) mass is 314 g/mol. The first-order valence-corrected chi connectivity index (χ1v) is 6.88. The van der Waals surface area contributed by atoms with Gasteiger partial charge in [0.1, 0.15) is 24.4 Å². The molecule has 0 amide bonds. The van der Waals surface area contributed by atoms with E-state index in [-0.39, 0.29) is 4.86 Å². The molecule has 0 spiro atoms. The van der Waals surface area contributed by atoms with Crippen LogP contribution in [0.1, 0.15) is 11.1 Å². The van der Waals surface area contributed by atoms with Crippen LogP contribution in [-0.2, 0) is 4.74 Å². The molecule has 1 unspecified atom stereocenters. The fourth-order valence-corrected chi connectivity index (χ4v) is 2.56. The van der Waals surface area contributed by atoms with E-state index in [2.05, 4.69) is 0 Å². The van der Waals surface area contributed by atoms with Crippen molar-refractivity contribution < 1.29 is 30.3 Å². The molecule has 0 aliphatic carbocycles. The predicted molar refractivity (Wildman–Crippen MR) is 77.8 cm³/mol. The molecule has 0 bridgehead atoms. The van der Waals surface area contributed by atoms with E-state index < -0.39 is 36.8 Å². The number of aryl methyl sites for hydroxylation is 1. The van der Waals surface area contributed by atoms with E-state index in [0.717, 1.165) is 5.56 Å². The van der Waals surface area contributed by atoms with Crippen LogP contribution in [0, 0.1) is 6.92 Å². The van der Waals surface area contributed by atoms with Crippen molar-refractivity contribution in [1.29, 1.82) is 0 Å². The van der Waals surface area contributed by atoms with E-state index in [0.29, 0.717) is 5.56 Å². The van der Waals surface area contributed by atoms with E-state index in [4.69, 9.17) is 22.1 Å². The highest BCUT2D eigenvalue weighted by Crippen LogP contribution is 2.31. The van der Waals surface area contributed by atoms with Crippen LogP contribution in [0.3, 0.4) is 0 Å². The van der Waals surface area contributed by atoms with Crippen LogP contribution in [0.25, 0.3) is 0 Å². The number of hydrogen-bond donors (Lipinski definition) is 5. The summed E-state index contributed by atoms with van der Waals surface area (Å²) in [6, 6.07) is 6.85. The largest absolute Gasteiger partial charge is 0.394 e. The minimum Gasteiger partial charge on any atom is -0.394 e. The predicted octanol–water partition coefficient (Wildman–Crippen LogP) is -1.12. The summed E-state index contributed by atoms with van der Waals surface area (Å²) in [6.45, 7) is 1.25. The van der Waals surface area contributed by atoms with Crippen LogP contribution in [0.15, 0.2) is 24.3 Å². The molecule has 1 aromatic carbocycles. The van der Waals surface area contributed by atoms with Crippen LogP contribution in [0.2, 0.25) is 0 Å². The molecule has 116 valence electrons. The number of benzene rings is 1. The van der Waals surface area contributed by atoms with Gasteiger partial charge in [-0.1, -0.05) is 42.0 Å². The molecular weight excluding hydrogens is 296 g/mol. The zero-order valence-corrected chi connectivity index (χ0v) is 12.2. The van der Waals surface area contributed by atoms with Crippen LogP contribution < -0.4 is 0 Å². The van der Waals surface area contributed by atoms with Crippen molar-refractivity contribution in [1.82, 2.24) is 0 Å². The minimum absolute atomic E-state index is 0.126. The molecule has 1 heterocycles. The molecule has 5 N–H and O–H groups in total. The van der Waals surface area contributed by atoms with Gasteiger partial charge in [0, 0.05) is 0 Å². The summed E-state index contributed by atoms with van der Waals surface area (Å²) < 4.78 is 5.17. The van der Waals surface area contributed by atoms with Crippen molar-refractivity contribution >= 4 is 17.1 Å². The molecule has 1 aromatic rings. The van der Waals surface area contributed by atoms with E-state index in [9.17, 15) is 20.4 Å². The number of rotatable bonds is 3. The van der Waals surface area contributed by atoms with Gasteiger partial charge in [-0.05, 0) is 12.5 Å². The van der Waals surface area contributed by atoms with Gasteiger partial charge in [0.25, 0.3) is 0 Å². The van der Waals surface area contributed by atoms with Gasteiger partial charge in [-0.3, -0.25) is 0 Å². The van der Waals surface area contributed by atoms with Gasteiger partial charge in [-0.25, -0.2) is 0 Å². The zero-order valence-electron chi connectivity index (χ0n) is 11.4. The summed E-state index contributed by atoms with van der Waals surface area (Å²) in [5.74, 6) is -2.36. The highest BCUT2D eigenvalue weighted by atomic mass is 32.1. The summed E-state index contributed by atoms with van der Waals surface area (Å²) in [5, 5.41) is 49.2. The highest BCUT2D eigenvalue weighted by Gasteiger charge is 2.55. The second-order valence-electron chi connectivity index (χ2n) is 5.16. The summed E-state index contributed by atoms with van der Waals surface area (Å²) in [6.07, 6.45) is -6.30. The average molecular weight is 314 g/mol. The van der Waals surface area contributed by atoms with Gasteiger partial charge in [-0.2, -0.15) is 0 Å². The third-order valence-corrected chi connectivity index (χ3v) is 4.13. The lowest BCUT2D eigenvalue weighted by Gasteiger charge is -2.45. The van der Waals surface area contributed by atoms with E-state index in [1.165, 1.54) is 0 Å². The maximum Gasteiger partial charge on any atom is 0.233 e. The Hall–Kier alpha value is -0.930. The Morgan fingerprint density at radius 2 is 1.76 bits per heavy atom. The third-order valence-electron chi connectivity index (χ3n) is 3.61. The molecule has 1 fully saturated rings. The van der Waals surface area contributed by atoms with Crippen molar-refractivity contribution in [2.75, 3.05) is 6.61 Å². The second kappa shape index (κ2) is 6.05. The smallest absolute Gasteiger partial charge is 0.233 e. The zero-order chi connectivity index (χ0) is 15.8. The van der Waals surface area contributed by atoms with Gasteiger partial charge < -0.3 is 30.3 Å². The number of thiocarbonyl (C=S) groups is 1. The van der Waals surface area contributed by atoms with Gasteiger partial charge >= 0.3 is 0 Å². The van der Waals surface area contributed by atoms with Crippen molar-refractivity contribution in [2.24, 2.45) is 0 Å².